The monoisotopic (exact) mass is 208 g/mol. The van der Waals surface area contributed by atoms with Gasteiger partial charge in [0.1, 0.15) is 11.8 Å². The average Bonchev–Trinajstić information content (AvgIpc) is 2.21. The molecular weight excluding hydrogens is 196 g/mol. The van der Waals surface area contributed by atoms with Crippen LogP contribution in [0.15, 0.2) is 24.3 Å². The molecule has 0 radical (unpaired) electrons. The van der Waals surface area contributed by atoms with Crippen LogP contribution in [0.5, 0.6) is 5.75 Å². The second-order valence-electron chi connectivity index (χ2n) is 3.00. The Morgan fingerprint density at radius 3 is 2.53 bits per heavy atom. The molecular formula is C10H12N2O3. The van der Waals surface area contributed by atoms with Gasteiger partial charge in [-0.25, -0.2) is 4.79 Å². The number of nitrogens with one attached hydrogen (secondary N) is 1. The van der Waals surface area contributed by atoms with E-state index in [2.05, 4.69) is 5.32 Å². The molecule has 1 amide bonds. The van der Waals surface area contributed by atoms with Gasteiger partial charge in [-0.05, 0) is 31.2 Å². The molecule has 0 heterocycles. The zero-order valence-electron chi connectivity index (χ0n) is 8.27. The number of amides is 1. The smallest absolute Gasteiger partial charge is 0.328 e. The molecule has 0 aliphatic heterocycles. The SMILES string of the molecule is C[C@H](N)C(=O)Oc1ccc(NC=O)cc1. The maximum absolute atomic E-state index is 11.1. The summed E-state index contributed by atoms with van der Waals surface area (Å²) in [7, 11) is 0. The summed E-state index contributed by atoms with van der Waals surface area (Å²) in [5.41, 5.74) is 5.96. The van der Waals surface area contributed by atoms with Gasteiger partial charge >= 0.3 is 5.97 Å². The third-order valence-corrected chi connectivity index (χ3v) is 1.67. The zero-order chi connectivity index (χ0) is 11.3. The molecule has 0 aliphatic rings. The topological polar surface area (TPSA) is 81.4 Å². The molecule has 0 aromatic heterocycles. The van der Waals surface area contributed by atoms with E-state index in [9.17, 15) is 9.59 Å². The summed E-state index contributed by atoms with van der Waals surface area (Å²) in [4.78, 5) is 21.2. The van der Waals surface area contributed by atoms with Crippen molar-refractivity contribution in [2.75, 3.05) is 5.32 Å². The van der Waals surface area contributed by atoms with E-state index in [1.54, 1.807) is 31.2 Å². The third kappa shape index (κ3) is 3.40. The van der Waals surface area contributed by atoms with E-state index in [0.29, 0.717) is 17.8 Å². The van der Waals surface area contributed by atoms with Crippen molar-refractivity contribution in [2.24, 2.45) is 5.73 Å². The summed E-state index contributed by atoms with van der Waals surface area (Å²) >= 11 is 0. The highest BCUT2D eigenvalue weighted by molar-refractivity contribution is 5.78. The summed E-state index contributed by atoms with van der Waals surface area (Å²) < 4.78 is 4.93. The summed E-state index contributed by atoms with van der Waals surface area (Å²) in [5, 5.41) is 2.47. The van der Waals surface area contributed by atoms with Gasteiger partial charge in [-0.2, -0.15) is 0 Å². The van der Waals surface area contributed by atoms with Crippen molar-refractivity contribution in [1.82, 2.24) is 0 Å². The number of rotatable bonds is 4. The van der Waals surface area contributed by atoms with Crippen LogP contribution < -0.4 is 15.8 Å². The average molecular weight is 208 g/mol. The van der Waals surface area contributed by atoms with Gasteiger partial charge < -0.3 is 15.8 Å². The summed E-state index contributed by atoms with van der Waals surface area (Å²) in [6.07, 6.45) is 0.572. The number of carbonyl (C=O) groups excluding carboxylic acids is 2. The fraction of sp³-hybridized carbons (Fsp3) is 0.200. The van der Waals surface area contributed by atoms with Crippen LogP contribution in [-0.4, -0.2) is 18.4 Å². The van der Waals surface area contributed by atoms with Crippen LogP contribution in [0.2, 0.25) is 0 Å². The molecule has 0 saturated heterocycles. The number of hydrogen-bond donors (Lipinski definition) is 2. The Labute approximate surface area is 87.2 Å². The molecule has 0 spiro atoms. The zero-order valence-corrected chi connectivity index (χ0v) is 8.27. The van der Waals surface area contributed by atoms with Crippen LogP contribution in [0.4, 0.5) is 5.69 Å². The fourth-order valence-electron chi connectivity index (χ4n) is 0.896. The normalized spacial score (nSPS) is 11.6. The molecule has 5 heteroatoms. The predicted molar refractivity (Wildman–Crippen MR) is 55.4 cm³/mol. The van der Waals surface area contributed by atoms with Gasteiger partial charge in [0.15, 0.2) is 0 Å². The van der Waals surface area contributed by atoms with Gasteiger partial charge in [-0.1, -0.05) is 0 Å². The molecule has 0 saturated carbocycles. The molecule has 1 aromatic carbocycles. The first-order valence-corrected chi connectivity index (χ1v) is 4.41. The Kier molecular flexibility index (Phi) is 3.82. The predicted octanol–water partition coefficient (Wildman–Crippen LogP) is 0.507. The van der Waals surface area contributed by atoms with Gasteiger partial charge in [0.2, 0.25) is 6.41 Å². The lowest BCUT2D eigenvalue weighted by Crippen LogP contribution is -2.30. The minimum Gasteiger partial charge on any atom is -0.425 e. The lowest BCUT2D eigenvalue weighted by Gasteiger charge is -2.06. The maximum atomic E-state index is 11.1. The molecule has 0 unspecified atom stereocenters. The van der Waals surface area contributed by atoms with E-state index in [4.69, 9.17) is 10.5 Å². The minimum atomic E-state index is -0.655. The van der Waals surface area contributed by atoms with Gasteiger partial charge in [0, 0.05) is 5.69 Å². The molecule has 0 fully saturated rings. The van der Waals surface area contributed by atoms with E-state index in [-0.39, 0.29) is 0 Å². The van der Waals surface area contributed by atoms with Crippen LogP contribution in [-0.2, 0) is 9.59 Å². The van der Waals surface area contributed by atoms with E-state index in [1.807, 2.05) is 0 Å². The Bertz CT molecular complexity index is 346. The van der Waals surface area contributed by atoms with E-state index >= 15 is 0 Å². The Morgan fingerprint density at radius 2 is 2.07 bits per heavy atom. The van der Waals surface area contributed by atoms with Crippen molar-refractivity contribution < 1.29 is 14.3 Å². The van der Waals surface area contributed by atoms with Crippen LogP contribution in [0, 0.1) is 0 Å². The Balaban J connectivity index is 2.64. The maximum Gasteiger partial charge on any atom is 0.328 e. The highest BCUT2D eigenvalue weighted by Gasteiger charge is 2.09. The van der Waals surface area contributed by atoms with Crippen LogP contribution in [0.25, 0.3) is 0 Å². The molecule has 1 aromatic rings. The molecule has 80 valence electrons. The lowest BCUT2D eigenvalue weighted by atomic mass is 10.3. The number of anilines is 1. The van der Waals surface area contributed by atoms with E-state index < -0.39 is 12.0 Å². The molecule has 0 bridgehead atoms. The molecule has 15 heavy (non-hydrogen) atoms. The summed E-state index contributed by atoms with van der Waals surface area (Å²) in [6.45, 7) is 1.55. The third-order valence-electron chi connectivity index (χ3n) is 1.67. The fourth-order valence-corrected chi connectivity index (χ4v) is 0.896. The van der Waals surface area contributed by atoms with Crippen molar-refractivity contribution in [3.63, 3.8) is 0 Å². The number of esters is 1. The number of carbonyl (C=O) groups is 2. The summed E-state index contributed by atoms with van der Waals surface area (Å²) in [6, 6.07) is 5.74. The molecule has 1 rings (SSSR count). The van der Waals surface area contributed by atoms with Crippen molar-refractivity contribution in [3.8, 4) is 5.75 Å². The number of benzene rings is 1. The van der Waals surface area contributed by atoms with Gasteiger partial charge in [0.25, 0.3) is 0 Å². The van der Waals surface area contributed by atoms with E-state index in [1.165, 1.54) is 0 Å². The molecule has 0 aliphatic carbocycles. The number of hydrogen-bond acceptors (Lipinski definition) is 4. The first kappa shape index (κ1) is 11.2. The van der Waals surface area contributed by atoms with Crippen molar-refractivity contribution in [2.45, 2.75) is 13.0 Å². The van der Waals surface area contributed by atoms with Crippen LogP contribution in [0.3, 0.4) is 0 Å². The standard InChI is InChI=1S/C10H12N2O3/c1-7(11)10(14)15-9-4-2-8(3-5-9)12-6-13/h2-7H,11H2,1H3,(H,12,13)/t7-/m0/s1. The first-order chi connectivity index (χ1) is 7.13. The highest BCUT2D eigenvalue weighted by Crippen LogP contribution is 2.15. The van der Waals surface area contributed by atoms with Crippen LogP contribution >= 0.6 is 0 Å². The molecule has 5 nitrogen and oxygen atoms in total. The largest absolute Gasteiger partial charge is 0.425 e. The van der Waals surface area contributed by atoms with Crippen molar-refractivity contribution in [1.29, 1.82) is 0 Å². The highest BCUT2D eigenvalue weighted by atomic mass is 16.5. The summed E-state index contributed by atoms with van der Waals surface area (Å²) in [5.74, 6) is -0.0974. The van der Waals surface area contributed by atoms with Gasteiger partial charge in [-0.15, -0.1) is 0 Å². The van der Waals surface area contributed by atoms with Crippen LogP contribution in [0.1, 0.15) is 6.92 Å². The quantitative estimate of drug-likeness (QED) is 0.429. The minimum absolute atomic E-state index is 0.397. The number of ether oxygens (including phenoxy) is 1. The molecule has 1 atom stereocenters. The Hall–Kier alpha value is -1.88. The molecule has 3 N–H and O–H groups in total. The van der Waals surface area contributed by atoms with Gasteiger partial charge in [0.05, 0.1) is 0 Å². The second kappa shape index (κ2) is 5.11. The second-order valence-corrected chi connectivity index (χ2v) is 3.00. The Morgan fingerprint density at radius 1 is 1.47 bits per heavy atom. The van der Waals surface area contributed by atoms with Crippen molar-refractivity contribution >= 4 is 18.1 Å². The van der Waals surface area contributed by atoms with Gasteiger partial charge in [-0.3, -0.25) is 4.79 Å². The number of nitrogens with two attached hydrogens (primary N) is 1. The van der Waals surface area contributed by atoms with Crippen molar-refractivity contribution in [3.05, 3.63) is 24.3 Å². The van der Waals surface area contributed by atoms with E-state index in [0.717, 1.165) is 0 Å². The lowest BCUT2D eigenvalue weighted by molar-refractivity contribution is -0.135. The first-order valence-electron chi connectivity index (χ1n) is 4.41.